The molecule has 0 radical (unpaired) electrons. The third-order valence-electron chi connectivity index (χ3n) is 2.74. The minimum atomic E-state index is -0.610. The van der Waals surface area contributed by atoms with Crippen LogP contribution in [-0.2, 0) is 12.1 Å². The first kappa shape index (κ1) is 13.5. The number of benzene rings is 1. The van der Waals surface area contributed by atoms with Crippen LogP contribution in [0, 0.1) is 13.8 Å². The van der Waals surface area contributed by atoms with E-state index in [0.717, 1.165) is 16.9 Å². The lowest BCUT2D eigenvalue weighted by Gasteiger charge is -2.11. The molecule has 0 saturated carbocycles. The molecule has 2 rings (SSSR count). The van der Waals surface area contributed by atoms with Crippen molar-refractivity contribution in [3.8, 4) is 5.75 Å². The summed E-state index contributed by atoms with van der Waals surface area (Å²) in [6, 6.07) is 6.05. The molecule has 1 aromatic heterocycles. The van der Waals surface area contributed by atoms with Crippen molar-refractivity contribution in [2.24, 2.45) is 5.73 Å². The van der Waals surface area contributed by atoms with Crippen LogP contribution >= 0.6 is 0 Å². The summed E-state index contributed by atoms with van der Waals surface area (Å²) in [5.74, 6) is 1.73. The highest BCUT2D eigenvalue weighted by molar-refractivity contribution is 5.35. The maximum Gasteiger partial charge on any atom is 0.264 e. The van der Waals surface area contributed by atoms with Crippen LogP contribution in [0.15, 0.2) is 22.7 Å². The Morgan fingerprint density at radius 2 is 2.05 bits per heavy atom. The number of hydrogen-bond donors (Lipinski definition) is 1. The standard InChI is InChI=1S/C14H19N3O2/c1-9-5-6-10(2)11(7-9)18-8-12-16-13(17-19-12)14(3,4)15/h5-7H,8,15H2,1-4H3. The summed E-state index contributed by atoms with van der Waals surface area (Å²) in [6.45, 7) is 7.92. The molecule has 1 aromatic carbocycles. The monoisotopic (exact) mass is 261 g/mol. The van der Waals surface area contributed by atoms with Crippen LogP contribution in [0.2, 0.25) is 0 Å². The van der Waals surface area contributed by atoms with Gasteiger partial charge in [0.2, 0.25) is 0 Å². The molecule has 1 heterocycles. The van der Waals surface area contributed by atoms with Crippen LogP contribution in [0.5, 0.6) is 5.75 Å². The molecular formula is C14H19N3O2. The van der Waals surface area contributed by atoms with Gasteiger partial charge in [0.1, 0.15) is 5.75 Å². The summed E-state index contributed by atoms with van der Waals surface area (Å²) in [7, 11) is 0. The molecule has 2 aromatic rings. The van der Waals surface area contributed by atoms with Gasteiger partial charge in [0.15, 0.2) is 12.4 Å². The lowest BCUT2D eigenvalue weighted by atomic mass is 10.1. The third kappa shape index (κ3) is 3.32. The van der Waals surface area contributed by atoms with E-state index in [4.69, 9.17) is 15.0 Å². The first-order valence-corrected chi connectivity index (χ1v) is 6.18. The highest BCUT2D eigenvalue weighted by Crippen LogP contribution is 2.20. The van der Waals surface area contributed by atoms with Gasteiger partial charge in [0.05, 0.1) is 5.54 Å². The molecule has 0 aliphatic heterocycles. The minimum absolute atomic E-state index is 0.243. The predicted octanol–water partition coefficient (Wildman–Crippen LogP) is 2.46. The fourth-order valence-electron chi connectivity index (χ4n) is 1.58. The third-order valence-corrected chi connectivity index (χ3v) is 2.74. The zero-order chi connectivity index (χ0) is 14.0. The van der Waals surface area contributed by atoms with Gasteiger partial charge in [0, 0.05) is 0 Å². The maximum absolute atomic E-state index is 5.90. The van der Waals surface area contributed by atoms with Gasteiger partial charge in [-0.2, -0.15) is 4.98 Å². The number of ether oxygens (including phenoxy) is 1. The largest absolute Gasteiger partial charge is 0.483 e. The Morgan fingerprint density at radius 3 is 2.68 bits per heavy atom. The number of nitrogens with two attached hydrogens (primary N) is 1. The highest BCUT2D eigenvalue weighted by Gasteiger charge is 2.21. The van der Waals surface area contributed by atoms with Gasteiger partial charge >= 0.3 is 0 Å². The molecule has 0 atom stereocenters. The van der Waals surface area contributed by atoms with Gasteiger partial charge in [-0.3, -0.25) is 0 Å². The second-order valence-corrected chi connectivity index (χ2v) is 5.29. The molecule has 5 heteroatoms. The SMILES string of the molecule is Cc1ccc(C)c(OCc2nc(C(C)(C)N)no2)c1. The van der Waals surface area contributed by atoms with Crippen LogP contribution in [0.1, 0.15) is 36.7 Å². The maximum atomic E-state index is 5.90. The lowest BCUT2D eigenvalue weighted by Crippen LogP contribution is -2.30. The van der Waals surface area contributed by atoms with E-state index in [1.54, 1.807) is 0 Å². The smallest absolute Gasteiger partial charge is 0.264 e. The van der Waals surface area contributed by atoms with E-state index in [-0.39, 0.29) is 6.61 Å². The fraction of sp³-hybridized carbons (Fsp3) is 0.429. The van der Waals surface area contributed by atoms with Crippen molar-refractivity contribution >= 4 is 0 Å². The van der Waals surface area contributed by atoms with Crippen LogP contribution in [0.4, 0.5) is 0 Å². The minimum Gasteiger partial charge on any atom is -0.483 e. The molecule has 0 saturated heterocycles. The number of aryl methyl sites for hydroxylation is 2. The lowest BCUT2D eigenvalue weighted by molar-refractivity contribution is 0.240. The Bertz CT molecular complexity index is 570. The van der Waals surface area contributed by atoms with Crippen LogP contribution in [0.25, 0.3) is 0 Å². The number of rotatable bonds is 4. The Hall–Kier alpha value is -1.88. The topological polar surface area (TPSA) is 74.2 Å². The Balaban J connectivity index is 2.06. The van der Waals surface area contributed by atoms with Gasteiger partial charge in [-0.25, -0.2) is 0 Å². The van der Waals surface area contributed by atoms with E-state index in [1.807, 2.05) is 45.9 Å². The molecule has 0 aliphatic rings. The van der Waals surface area contributed by atoms with E-state index in [2.05, 4.69) is 10.1 Å². The summed E-state index contributed by atoms with van der Waals surface area (Å²) in [5.41, 5.74) is 7.51. The van der Waals surface area contributed by atoms with E-state index < -0.39 is 5.54 Å². The molecule has 2 N–H and O–H groups in total. The normalized spacial score (nSPS) is 11.6. The fourth-order valence-corrected chi connectivity index (χ4v) is 1.58. The molecule has 0 amide bonds. The van der Waals surface area contributed by atoms with Crippen molar-refractivity contribution < 1.29 is 9.26 Å². The van der Waals surface area contributed by atoms with Crippen LogP contribution < -0.4 is 10.5 Å². The molecule has 0 fully saturated rings. The van der Waals surface area contributed by atoms with Crippen molar-refractivity contribution in [3.63, 3.8) is 0 Å². The van der Waals surface area contributed by atoms with E-state index in [1.165, 1.54) is 0 Å². The molecule has 102 valence electrons. The average Bonchev–Trinajstić information content (AvgIpc) is 2.79. The van der Waals surface area contributed by atoms with Gasteiger partial charge in [0.25, 0.3) is 5.89 Å². The zero-order valence-corrected chi connectivity index (χ0v) is 11.7. The van der Waals surface area contributed by atoms with E-state index >= 15 is 0 Å². The first-order valence-electron chi connectivity index (χ1n) is 6.18. The van der Waals surface area contributed by atoms with Crippen LogP contribution in [0.3, 0.4) is 0 Å². The summed E-state index contributed by atoms with van der Waals surface area (Å²) in [5, 5.41) is 3.85. The van der Waals surface area contributed by atoms with Crippen molar-refractivity contribution in [2.75, 3.05) is 0 Å². The van der Waals surface area contributed by atoms with Gasteiger partial charge in [-0.05, 0) is 44.9 Å². The van der Waals surface area contributed by atoms with Crippen molar-refractivity contribution in [2.45, 2.75) is 39.8 Å². The molecule has 19 heavy (non-hydrogen) atoms. The first-order chi connectivity index (χ1) is 8.86. The molecule has 0 bridgehead atoms. The summed E-state index contributed by atoms with van der Waals surface area (Å²) >= 11 is 0. The summed E-state index contributed by atoms with van der Waals surface area (Å²) in [6.07, 6.45) is 0. The zero-order valence-electron chi connectivity index (χ0n) is 11.7. The Labute approximate surface area is 112 Å². The second-order valence-electron chi connectivity index (χ2n) is 5.29. The molecular weight excluding hydrogens is 242 g/mol. The van der Waals surface area contributed by atoms with E-state index in [0.29, 0.717) is 11.7 Å². The summed E-state index contributed by atoms with van der Waals surface area (Å²) in [4.78, 5) is 4.22. The number of nitrogens with zero attached hydrogens (tertiary/aromatic N) is 2. The average molecular weight is 261 g/mol. The molecule has 0 unspecified atom stereocenters. The van der Waals surface area contributed by atoms with Crippen molar-refractivity contribution in [1.29, 1.82) is 0 Å². The van der Waals surface area contributed by atoms with Gasteiger partial charge in [-0.15, -0.1) is 0 Å². The van der Waals surface area contributed by atoms with E-state index in [9.17, 15) is 0 Å². The quantitative estimate of drug-likeness (QED) is 0.915. The molecule has 0 spiro atoms. The molecule has 5 nitrogen and oxygen atoms in total. The Morgan fingerprint density at radius 1 is 1.32 bits per heavy atom. The van der Waals surface area contributed by atoms with Gasteiger partial charge in [-0.1, -0.05) is 17.3 Å². The van der Waals surface area contributed by atoms with Crippen molar-refractivity contribution in [1.82, 2.24) is 10.1 Å². The van der Waals surface area contributed by atoms with Gasteiger partial charge < -0.3 is 15.0 Å². The second kappa shape index (κ2) is 5.01. The predicted molar refractivity (Wildman–Crippen MR) is 71.8 cm³/mol. The molecule has 0 aliphatic carbocycles. The van der Waals surface area contributed by atoms with Crippen LogP contribution in [-0.4, -0.2) is 10.1 Å². The van der Waals surface area contributed by atoms with Crippen molar-refractivity contribution in [3.05, 3.63) is 41.0 Å². The Kier molecular flexibility index (Phi) is 3.57. The summed E-state index contributed by atoms with van der Waals surface area (Å²) < 4.78 is 10.8. The highest BCUT2D eigenvalue weighted by atomic mass is 16.5. The number of hydrogen-bond acceptors (Lipinski definition) is 5. The number of aromatic nitrogens is 2.